The summed E-state index contributed by atoms with van der Waals surface area (Å²) in [6.07, 6.45) is 1.67. The monoisotopic (exact) mass is 303 g/mol. The number of rotatable bonds is 3. The van der Waals surface area contributed by atoms with Gasteiger partial charge in [-0.15, -0.1) is 11.3 Å². The van der Waals surface area contributed by atoms with Gasteiger partial charge in [-0.25, -0.2) is 9.97 Å². The summed E-state index contributed by atoms with van der Waals surface area (Å²) in [7, 11) is 0. The van der Waals surface area contributed by atoms with Gasteiger partial charge in [-0.05, 0) is 12.1 Å². The molecule has 1 fully saturated rings. The van der Waals surface area contributed by atoms with Crippen LogP contribution in [-0.4, -0.2) is 46.3 Å². The van der Waals surface area contributed by atoms with Gasteiger partial charge in [0.25, 0.3) is 5.91 Å². The van der Waals surface area contributed by atoms with E-state index in [1.807, 2.05) is 18.2 Å². The molecule has 2 aromatic rings. The first-order valence-electron chi connectivity index (χ1n) is 6.42. The lowest BCUT2D eigenvalue weighted by Crippen LogP contribution is -2.50. The van der Waals surface area contributed by atoms with Crippen LogP contribution in [0.3, 0.4) is 0 Å². The Balaban J connectivity index is 1.69. The Labute approximate surface area is 125 Å². The van der Waals surface area contributed by atoms with E-state index in [0.29, 0.717) is 29.7 Å². The van der Waals surface area contributed by atoms with Gasteiger partial charge < -0.3 is 15.5 Å². The second-order valence-corrected chi connectivity index (χ2v) is 5.31. The fourth-order valence-electron chi connectivity index (χ4n) is 1.95. The molecule has 1 aliphatic rings. The molecular weight excluding hydrogens is 290 g/mol. The summed E-state index contributed by atoms with van der Waals surface area (Å²) in [5, 5.41) is 8.00. The van der Waals surface area contributed by atoms with Gasteiger partial charge in [0.15, 0.2) is 5.13 Å². The van der Waals surface area contributed by atoms with Crippen molar-refractivity contribution in [3.8, 4) is 0 Å². The Kier molecular flexibility index (Phi) is 3.78. The maximum Gasteiger partial charge on any atom is 0.273 e. The van der Waals surface area contributed by atoms with E-state index in [9.17, 15) is 9.59 Å². The molecule has 2 amide bonds. The number of hydrogen-bond donors (Lipinski definition) is 2. The maximum atomic E-state index is 12.3. The minimum atomic E-state index is -0.227. The Morgan fingerprint density at radius 3 is 3.10 bits per heavy atom. The molecule has 3 rings (SSSR count). The Bertz CT molecular complexity index is 658. The van der Waals surface area contributed by atoms with E-state index in [4.69, 9.17) is 0 Å². The predicted molar refractivity (Wildman–Crippen MR) is 78.5 cm³/mol. The molecule has 3 heterocycles. The number of carbonyl (C=O) groups excluding carboxylic acids is 2. The molecular formula is C13H13N5O2S. The molecule has 7 nitrogen and oxygen atoms in total. The van der Waals surface area contributed by atoms with Crippen LogP contribution in [0.25, 0.3) is 0 Å². The van der Waals surface area contributed by atoms with Gasteiger partial charge in [-0.3, -0.25) is 9.59 Å². The van der Waals surface area contributed by atoms with Gasteiger partial charge in [0, 0.05) is 24.7 Å². The van der Waals surface area contributed by atoms with Gasteiger partial charge in [0.2, 0.25) is 5.91 Å². The summed E-state index contributed by atoms with van der Waals surface area (Å²) in [4.78, 5) is 33.5. The van der Waals surface area contributed by atoms with Crippen LogP contribution >= 0.6 is 11.3 Å². The van der Waals surface area contributed by atoms with E-state index in [1.54, 1.807) is 11.6 Å². The van der Waals surface area contributed by atoms with Crippen molar-refractivity contribution in [1.29, 1.82) is 0 Å². The number of thiazole rings is 1. The molecule has 0 aromatic carbocycles. The molecule has 0 unspecified atom stereocenters. The zero-order chi connectivity index (χ0) is 14.7. The zero-order valence-electron chi connectivity index (χ0n) is 11.1. The van der Waals surface area contributed by atoms with E-state index < -0.39 is 0 Å². The Hall–Kier alpha value is -2.48. The minimum absolute atomic E-state index is 0.0827. The molecule has 2 N–H and O–H groups in total. The fourth-order valence-corrected chi connectivity index (χ4v) is 2.64. The third kappa shape index (κ3) is 3.16. The topological polar surface area (TPSA) is 87.2 Å². The van der Waals surface area contributed by atoms with E-state index >= 15 is 0 Å². The van der Waals surface area contributed by atoms with Gasteiger partial charge in [0.1, 0.15) is 11.5 Å². The van der Waals surface area contributed by atoms with Crippen LogP contribution in [0.2, 0.25) is 0 Å². The van der Waals surface area contributed by atoms with Crippen molar-refractivity contribution in [1.82, 2.24) is 20.2 Å². The highest BCUT2D eigenvalue weighted by Gasteiger charge is 2.24. The van der Waals surface area contributed by atoms with Crippen molar-refractivity contribution in [3.63, 3.8) is 0 Å². The van der Waals surface area contributed by atoms with Crippen LogP contribution in [0.15, 0.2) is 29.8 Å². The van der Waals surface area contributed by atoms with Crippen molar-refractivity contribution in [2.45, 2.75) is 0 Å². The van der Waals surface area contributed by atoms with E-state index in [-0.39, 0.29) is 18.4 Å². The third-order valence-electron chi connectivity index (χ3n) is 2.95. The van der Waals surface area contributed by atoms with E-state index in [1.165, 1.54) is 16.2 Å². The average Bonchev–Trinajstić information content (AvgIpc) is 2.96. The average molecular weight is 303 g/mol. The first kappa shape index (κ1) is 13.5. The number of pyridine rings is 1. The van der Waals surface area contributed by atoms with Gasteiger partial charge in [-0.2, -0.15) is 0 Å². The number of amides is 2. The van der Waals surface area contributed by atoms with Crippen LogP contribution in [0.4, 0.5) is 10.9 Å². The van der Waals surface area contributed by atoms with Crippen molar-refractivity contribution in [2.24, 2.45) is 0 Å². The highest BCUT2D eigenvalue weighted by Crippen LogP contribution is 2.20. The van der Waals surface area contributed by atoms with Crippen LogP contribution < -0.4 is 10.6 Å². The SMILES string of the molecule is O=C1CN(C(=O)c2csc(Nc3ccccn3)n2)CCN1. The molecule has 0 bridgehead atoms. The number of nitrogens with one attached hydrogen (secondary N) is 2. The molecule has 1 saturated heterocycles. The molecule has 0 saturated carbocycles. The van der Waals surface area contributed by atoms with Crippen LogP contribution in [0.1, 0.15) is 10.5 Å². The van der Waals surface area contributed by atoms with Crippen LogP contribution in [0, 0.1) is 0 Å². The highest BCUT2D eigenvalue weighted by molar-refractivity contribution is 7.14. The lowest BCUT2D eigenvalue weighted by Gasteiger charge is -2.25. The second kappa shape index (κ2) is 5.88. The number of nitrogens with zero attached hydrogens (tertiary/aromatic N) is 3. The smallest absolute Gasteiger partial charge is 0.273 e. The first-order chi connectivity index (χ1) is 10.2. The molecule has 0 atom stereocenters. The Morgan fingerprint density at radius 2 is 2.33 bits per heavy atom. The molecule has 2 aromatic heterocycles. The summed E-state index contributed by atoms with van der Waals surface area (Å²) >= 11 is 1.33. The predicted octanol–water partition coefficient (Wildman–Crippen LogP) is 0.854. The maximum absolute atomic E-state index is 12.3. The minimum Gasteiger partial charge on any atom is -0.353 e. The van der Waals surface area contributed by atoms with Crippen LogP contribution in [-0.2, 0) is 4.79 Å². The molecule has 8 heteroatoms. The fraction of sp³-hybridized carbons (Fsp3) is 0.231. The quantitative estimate of drug-likeness (QED) is 0.878. The van der Waals surface area contributed by atoms with Crippen molar-refractivity contribution >= 4 is 34.1 Å². The lowest BCUT2D eigenvalue weighted by molar-refractivity contribution is -0.123. The molecule has 0 radical (unpaired) electrons. The van der Waals surface area contributed by atoms with E-state index in [2.05, 4.69) is 20.6 Å². The first-order valence-corrected chi connectivity index (χ1v) is 7.30. The number of aromatic nitrogens is 2. The van der Waals surface area contributed by atoms with Crippen LogP contribution in [0.5, 0.6) is 0 Å². The molecule has 108 valence electrons. The largest absolute Gasteiger partial charge is 0.353 e. The van der Waals surface area contributed by atoms with Gasteiger partial charge in [0.05, 0.1) is 6.54 Å². The number of piperazine rings is 1. The Morgan fingerprint density at radius 1 is 1.43 bits per heavy atom. The lowest BCUT2D eigenvalue weighted by atomic mass is 10.3. The molecule has 0 aliphatic carbocycles. The van der Waals surface area contributed by atoms with E-state index in [0.717, 1.165) is 0 Å². The van der Waals surface area contributed by atoms with Crippen molar-refractivity contribution in [2.75, 3.05) is 25.0 Å². The number of hydrogen-bond acceptors (Lipinski definition) is 6. The van der Waals surface area contributed by atoms with Crippen molar-refractivity contribution < 1.29 is 9.59 Å². The summed E-state index contributed by atoms with van der Waals surface area (Å²) in [6.45, 7) is 1.07. The van der Waals surface area contributed by atoms with Gasteiger partial charge >= 0.3 is 0 Å². The normalized spacial score (nSPS) is 14.7. The summed E-state index contributed by atoms with van der Waals surface area (Å²) in [5.41, 5.74) is 0.341. The van der Waals surface area contributed by atoms with Crippen molar-refractivity contribution in [3.05, 3.63) is 35.5 Å². The zero-order valence-corrected chi connectivity index (χ0v) is 11.9. The molecule has 1 aliphatic heterocycles. The summed E-state index contributed by atoms with van der Waals surface area (Å²) < 4.78 is 0. The molecule has 21 heavy (non-hydrogen) atoms. The summed E-state index contributed by atoms with van der Waals surface area (Å²) in [6, 6.07) is 5.50. The van der Waals surface area contributed by atoms with Gasteiger partial charge in [-0.1, -0.05) is 6.07 Å². The highest BCUT2D eigenvalue weighted by atomic mass is 32.1. The second-order valence-electron chi connectivity index (χ2n) is 4.45. The molecule has 0 spiro atoms. The number of carbonyl (C=O) groups is 2. The third-order valence-corrected chi connectivity index (χ3v) is 3.71. The summed E-state index contributed by atoms with van der Waals surface area (Å²) in [5.74, 6) is 0.301. The standard InChI is InChI=1S/C13H13N5O2S/c19-11-7-18(6-5-15-11)12(20)9-8-21-13(16-9)17-10-3-1-2-4-14-10/h1-4,8H,5-7H2,(H,15,19)(H,14,16,17). The number of anilines is 2.